The SMILES string of the molecule is COc1cccc(-c2cc(CCNC(=O)c3ccc(Cl)cc3)no2)c1. The van der Waals surface area contributed by atoms with Crippen molar-refractivity contribution in [2.75, 3.05) is 13.7 Å². The zero-order valence-electron chi connectivity index (χ0n) is 13.7. The minimum Gasteiger partial charge on any atom is -0.497 e. The fourth-order valence-electron chi connectivity index (χ4n) is 2.35. The number of hydrogen-bond acceptors (Lipinski definition) is 4. The number of ether oxygens (including phenoxy) is 1. The number of halogens is 1. The van der Waals surface area contributed by atoms with E-state index in [-0.39, 0.29) is 5.91 Å². The van der Waals surface area contributed by atoms with Crippen LogP contribution in [0.2, 0.25) is 5.02 Å². The first-order chi connectivity index (χ1) is 12.2. The van der Waals surface area contributed by atoms with E-state index in [2.05, 4.69) is 10.5 Å². The summed E-state index contributed by atoms with van der Waals surface area (Å²) in [5, 5.41) is 7.50. The molecule has 0 radical (unpaired) electrons. The standard InChI is InChI=1S/C19H17ClN2O3/c1-24-17-4-2-3-14(11-17)18-12-16(22-25-18)9-10-21-19(23)13-5-7-15(20)8-6-13/h2-8,11-12H,9-10H2,1H3,(H,21,23). The van der Waals surface area contributed by atoms with Crippen molar-refractivity contribution in [2.45, 2.75) is 6.42 Å². The number of rotatable bonds is 6. The zero-order valence-corrected chi connectivity index (χ0v) is 14.4. The van der Waals surface area contributed by atoms with Gasteiger partial charge in [0.15, 0.2) is 5.76 Å². The van der Waals surface area contributed by atoms with Gasteiger partial charge in [-0.1, -0.05) is 28.9 Å². The predicted octanol–water partition coefficient (Wildman–Crippen LogP) is 3.98. The fourth-order valence-corrected chi connectivity index (χ4v) is 2.48. The minimum absolute atomic E-state index is 0.145. The highest BCUT2D eigenvalue weighted by molar-refractivity contribution is 6.30. The van der Waals surface area contributed by atoms with E-state index in [1.807, 2.05) is 30.3 Å². The molecule has 0 unspecified atom stereocenters. The predicted molar refractivity (Wildman–Crippen MR) is 96.0 cm³/mol. The first kappa shape index (κ1) is 17.0. The molecule has 3 rings (SSSR count). The van der Waals surface area contributed by atoms with Crippen LogP contribution in [0.3, 0.4) is 0 Å². The van der Waals surface area contributed by atoms with Gasteiger partial charge in [0.25, 0.3) is 5.91 Å². The van der Waals surface area contributed by atoms with Crippen molar-refractivity contribution in [1.29, 1.82) is 0 Å². The van der Waals surface area contributed by atoms with Gasteiger partial charge < -0.3 is 14.6 Å². The molecule has 25 heavy (non-hydrogen) atoms. The summed E-state index contributed by atoms with van der Waals surface area (Å²) >= 11 is 5.81. The van der Waals surface area contributed by atoms with Crippen molar-refractivity contribution in [2.24, 2.45) is 0 Å². The zero-order chi connectivity index (χ0) is 17.6. The lowest BCUT2D eigenvalue weighted by molar-refractivity contribution is 0.0954. The molecule has 128 valence electrons. The van der Waals surface area contributed by atoms with Crippen LogP contribution in [-0.4, -0.2) is 24.7 Å². The lowest BCUT2D eigenvalue weighted by Gasteiger charge is -2.03. The van der Waals surface area contributed by atoms with E-state index in [1.54, 1.807) is 31.4 Å². The van der Waals surface area contributed by atoms with Crippen molar-refractivity contribution in [3.8, 4) is 17.1 Å². The molecule has 0 aliphatic heterocycles. The second-order valence-electron chi connectivity index (χ2n) is 5.43. The molecule has 5 nitrogen and oxygen atoms in total. The quantitative estimate of drug-likeness (QED) is 0.725. The minimum atomic E-state index is -0.145. The number of methoxy groups -OCH3 is 1. The monoisotopic (exact) mass is 356 g/mol. The molecule has 1 amide bonds. The number of amides is 1. The molecule has 3 aromatic rings. The van der Waals surface area contributed by atoms with E-state index in [9.17, 15) is 4.79 Å². The number of nitrogens with zero attached hydrogens (tertiary/aromatic N) is 1. The Bertz CT molecular complexity index is 859. The molecule has 0 spiro atoms. The third-order valence-corrected chi connectivity index (χ3v) is 3.94. The summed E-state index contributed by atoms with van der Waals surface area (Å²) in [6.45, 7) is 0.464. The highest BCUT2D eigenvalue weighted by atomic mass is 35.5. The molecular weight excluding hydrogens is 340 g/mol. The van der Waals surface area contributed by atoms with Gasteiger partial charge in [-0.3, -0.25) is 4.79 Å². The van der Waals surface area contributed by atoms with Crippen LogP contribution in [0.1, 0.15) is 16.1 Å². The van der Waals surface area contributed by atoms with Gasteiger partial charge in [0, 0.05) is 35.2 Å². The average Bonchev–Trinajstić information content (AvgIpc) is 3.11. The maximum absolute atomic E-state index is 12.0. The van der Waals surface area contributed by atoms with Crippen molar-refractivity contribution in [3.05, 3.63) is 70.9 Å². The molecule has 1 N–H and O–H groups in total. The van der Waals surface area contributed by atoms with Gasteiger partial charge in [0.05, 0.1) is 12.8 Å². The van der Waals surface area contributed by atoms with Gasteiger partial charge in [0.2, 0.25) is 0 Å². The van der Waals surface area contributed by atoms with Gasteiger partial charge in [-0.2, -0.15) is 0 Å². The first-order valence-electron chi connectivity index (χ1n) is 7.79. The van der Waals surface area contributed by atoms with Crippen LogP contribution in [0.25, 0.3) is 11.3 Å². The van der Waals surface area contributed by atoms with E-state index >= 15 is 0 Å². The van der Waals surface area contributed by atoms with Crippen molar-refractivity contribution in [3.63, 3.8) is 0 Å². The maximum Gasteiger partial charge on any atom is 0.251 e. The highest BCUT2D eigenvalue weighted by Gasteiger charge is 2.09. The van der Waals surface area contributed by atoms with Gasteiger partial charge in [-0.25, -0.2) is 0 Å². The summed E-state index contributed by atoms with van der Waals surface area (Å²) in [6, 6.07) is 16.2. The van der Waals surface area contributed by atoms with Crippen molar-refractivity contribution < 1.29 is 14.1 Å². The van der Waals surface area contributed by atoms with E-state index in [1.165, 1.54) is 0 Å². The van der Waals surface area contributed by atoms with Gasteiger partial charge in [-0.05, 0) is 36.4 Å². The molecule has 6 heteroatoms. The van der Waals surface area contributed by atoms with E-state index in [4.69, 9.17) is 20.9 Å². The molecule has 0 aliphatic carbocycles. The number of aromatic nitrogens is 1. The summed E-state index contributed by atoms with van der Waals surface area (Å²) in [5.41, 5.74) is 2.24. The highest BCUT2D eigenvalue weighted by Crippen LogP contribution is 2.24. The summed E-state index contributed by atoms with van der Waals surface area (Å²) in [4.78, 5) is 12.0. The Labute approximate surface area is 150 Å². The molecule has 0 saturated carbocycles. The van der Waals surface area contributed by atoms with Crippen molar-refractivity contribution in [1.82, 2.24) is 10.5 Å². The molecule has 0 aliphatic rings. The Hall–Kier alpha value is -2.79. The third kappa shape index (κ3) is 4.39. The topological polar surface area (TPSA) is 64.4 Å². The number of hydrogen-bond donors (Lipinski definition) is 1. The van der Waals surface area contributed by atoms with Gasteiger partial charge in [-0.15, -0.1) is 0 Å². The number of carbonyl (C=O) groups excluding carboxylic acids is 1. The van der Waals surface area contributed by atoms with Crippen molar-refractivity contribution >= 4 is 17.5 Å². The second-order valence-corrected chi connectivity index (χ2v) is 5.86. The molecular formula is C19H17ClN2O3. The Morgan fingerprint density at radius 1 is 1.20 bits per heavy atom. The molecule has 0 saturated heterocycles. The third-order valence-electron chi connectivity index (χ3n) is 3.69. The molecule has 0 bridgehead atoms. The fraction of sp³-hybridized carbons (Fsp3) is 0.158. The molecule has 2 aromatic carbocycles. The van der Waals surface area contributed by atoms with Crippen LogP contribution in [-0.2, 0) is 6.42 Å². The van der Waals surface area contributed by atoms with Gasteiger partial charge >= 0.3 is 0 Å². The molecule has 1 aromatic heterocycles. The van der Waals surface area contributed by atoms with E-state index < -0.39 is 0 Å². The Balaban J connectivity index is 1.56. The summed E-state index contributed by atoms with van der Waals surface area (Å²) in [5.74, 6) is 1.27. The molecule has 0 atom stereocenters. The Kier molecular flexibility index (Phi) is 5.36. The van der Waals surface area contributed by atoms with E-state index in [0.29, 0.717) is 29.3 Å². The smallest absolute Gasteiger partial charge is 0.251 e. The van der Waals surface area contributed by atoms with Crippen LogP contribution in [0.5, 0.6) is 5.75 Å². The van der Waals surface area contributed by atoms with Crippen LogP contribution in [0, 0.1) is 0 Å². The van der Waals surface area contributed by atoms with Crippen LogP contribution < -0.4 is 10.1 Å². The number of nitrogens with one attached hydrogen (secondary N) is 1. The second kappa shape index (κ2) is 7.85. The largest absolute Gasteiger partial charge is 0.497 e. The molecule has 1 heterocycles. The summed E-state index contributed by atoms with van der Waals surface area (Å²) < 4.78 is 10.6. The van der Waals surface area contributed by atoms with Crippen LogP contribution in [0.15, 0.2) is 59.1 Å². The summed E-state index contributed by atoms with van der Waals surface area (Å²) in [7, 11) is 1.62. The maximum atomic E-state index is 12.0. The Morgan fingerprint density at radius 2 is 2.00 bits per heavy atom. The lowest BCUT2D eigenvalue weighted by atomic mass is 10.1. The average molecular weight is 357 g/mol. The number of carbonyl (C=O) groups is 1. The lowest BCUT2D eigenvalue weighted by Crippen LogP contribution is -2.25. The normalized spacial score (nSPS) is 10.5. The first-order valence-corrected chi connectivity index (χ1v) is 8.17. The Morgan fingerprint density at radius 3 is 2.76 bits per heavy atom. The molecule has 0 fully saturated rings. The summed E-state index contributed by atoms with van der Waals surface area (Å²) in [6.07, 6.45) is 0.576. The van der Waals surface area contributed by atoms with E-state index in [0.717, 1.165) is 17.0 Å². The van der Waals surface area contributed by atoms with Crippen LogP contribution in [0.4, 0.5) is 0 Å². The van der Waals surface area contributed by atoms with Gasteiger partial charge in [0.1, 0.15) is 5.75 Å². The number of benzene rings is 2. The van der Waals surface area contributed by atoms with Crippen LogP contribution >= 0.6 is 11.6 Å².